The SMILES string of the molecule is CCOc1cc(NC(=O)NCC(F)(F)F)cc(B2OC(C)(C)C(C)(C)O2)c1. The molecule has 2 rings (SSSR count). The summed E-state index contributed by atoms with van der Waals surface area (Å²) in [5.74, 6) is 0.441. The molecule has 0 unspecified atom stereocenters. The molecular weight excluding hydrogens is 364 g/mol. The third-order valence-electron chi connectivity index (χ3n) is 4.47. The van der Waals surface area contributed by atoms with Crippen LogP contribution in [0.5, 0.6) is 5.75 Å². The predicted molar refractivity (Wildman–Crippen MR) is 96.4 cm³/mol. The Labute approximate surface area is 156 Å². The molecule has 0 atom stereocenters. The van der Waals surface area contributed by atoms with E-state index in [-0.39, 0.29) is 5.69 Å². The number of alkyl halides is 3. The first-order chi connectivity index (χ1) is 12.3. The molecular formula is C17H24BF3N2O4. The molecule has 6 nitrogen and oxygen atoms in total. The third-order valence-corrected chi connectivity index (χ3v) is 4.47. The Morgan fingerprint density at radius 1 is 1.15 bits per heavy atom. The lowest BCUT2D eigenvalue weighted by molar-refractivity contribution is -0.122. The monoisotopic (exact) mass is 388 g/mol. The number of carbonyl (C=O) groups excluding carboxylic acids is 1. The van der Waals surface area contributed by atoms with Crippen molar-refractivity contribution in [3.8, 4) is 5.75 Å². The van der Waals surface area contributed by atoms with Crippen molar-refractivity contribution >= 4 is 24.3 Å². The highest BCUT2D eigenvalue weighted by Crippen LogP contribution is 2.36. The van der Waals surface area contributed by atoms with Crippen LogP contribution in [0.15, 0.2) is 18.2 Å². The number of hydrogen-bond acceptors (Lipinski definition) is 4. The van der Waals surface area contributed by atoms with Gasteiger partial charge in [-0.2, -0.15) is 13.2 Å². The molecule has 0 saturated carbocycles. The minimum Gasteiger partial charge on any atom is -0.494 e. The molecule has 27 heavy (non-hydrogen) atoms. The van der Waals surface area contributed by atoms with E-state index in [2.05, 4.69) is 5.32 Å². The zero-order valence-electron chi connectivity index (χ0n) is 16.0. The van der Waals surface area contributed by atoms with Crippen LogP contribution in [0.4, 0.5) is 23.7 Å². The molecule has 0 bridgehead atoms. The van der Waals surface area contributed by atoms with Crippen LogP contribution in [-0.2, 0) is 9.31 Å². The second kappa shape index (κ2) is 7.59. The van der Waals surface area contributed by atoms with E-state index < -0.39 is 37.1 Å². The number of anilines is 1. The number of benzene rings is 1. The lowest BCUT2D eigenvalue weighted by Crippen LogP contribution is -2.41. The number of amides is 2. The van der Waals surface area contributed by atoms with Crippen molar-refractivity contribution in [3.63, 3.8) is 0 Å². The van der Waals surface area contributed by atoms with E-state index >= 15 is 0 Å². The van der Waals surface area contributed by atoms with Crippen molar-refractivity contribution in [1.29, 1.82) is 0 Å². The van der Waals surface area contributed by atoms with E-state index in [1.54, 1.807) is 24.4 Å². The first kappa shape index (κ1) is 21.4. The van der Waals surface area contributed by atoms with Gasteiger partial charge in [-0.05, 0) is 52.2 Å². The van der Waals surface area contributed by atoms with Crippen molar-refractivity contribution in [2.75, 3.05) is 18.5 Å². The maximum atomic E-state index is 12.2. The summed E-state index contributed by atoms with van der Waals surface area (Å²) in [4.78, 5) is 11.7. The molecule has 0 spiro atoms. The molecule has 1 aromatic carbocycles. The van der Waals surface area contributed by atoms with E-state index in [4.69, 9.17) is 14.0 Å². The average Bonchev–Trinajstić information content (AvgIpc) is 2.73. The minimum atomic E-state index is -4.49. The number of urea groups is 1. The van der Waals surface area contributed by atoms with Gasteiger partial charge in [0.05, 0.1) is 17.8 Å². The van der Waals surface area contributed by atoms with Crippen molar-refractivity contribution < 1.29 is 32.0 Å². The summed E-state index contributed by atoms with van der Waals surface area (Å²) in [5.41, 5.74) is -0.260. The number of carbonyl (C=O) groups is 1. The number of ether oxygens (including phenoxy) is 1. The second-order valence-corrected chi connectivity index (χ2v) is 7.23. The van der Waals surface area contributed by atoms with Gasteiger partial charge in [0.25, 0.3) is 0 Å². The molecule has 2 N–H and O–H groups in total. The van der Waals surface area contributed by atoms with Crippen molar-refractivity contribution in [3.05, 3.63) is 18.2 Å². The Bertz CT molecular complexity index is 679. The lowest BCUT2D eigenvalue weighted by atomic mass is 9.79. The fraction of sp³-hybridized carbons (Fsp3) is 0.588. The quantitative estimate of drug-likeness (QED) is 0.761. The molecule has 10 heteroatoms. The summed E-state index contributed by atoms with van der Waals surface area (Å²) in [6, 6.07) is 3.84. The molecule has 1 heterocycles. The van der Waals surface area contributed by atoms with Crippen LogP contribution in [0.2, 0.25) is 0 Å². The van der Waals surface area contributed by atoms with Crippen molar-refractivity contribution in [1.82, 2.24) is 5.32 Å². The number of rotatable bonds is 5. The van der Waals surface area contributed by atoms with Crippen LogP contribution in [0.25, 0.3) is 0 Å². The standard InChI is InChI=1S/C17H24BF3N2O4/c1-6-25-13-8-11(18-26-15(2,3)16(4,5)27-18)7-12(9-13)23-14(24)22-10-17(19,20)21/h7-9H,6,10H2,1-5H3,(H2,22,23,24). The van der Waals surface area contributed by atoms with Gasteiger partial charge in [0.2, 0.25) is 0 Å². The Morgan fingerprint density at radius 3 is 2.26 bits per heavy atom. The van der Waals surface area contributed by atoms with Gasteiger partial charge in [0, 0.05) is 11.8 Å². The third kappa shape index (κ3) is 5.52. The highest BCUT2D eigenvalue weighted by Gasteiger charge is 2.51. The highest BCUT2D eigenvalue weighted by atomic mass is 19.4. The predicted octanol–water partition coefficient (Wildman–Crippen LogP) is 3.07. The zero-order chi connectivity index (χ0) is 20.5. The minimum absolute atomic E-state index is 0.269. The Kier molecular flexibility index (Phi) is 6.01. The molecule has 150 valence electrons. The summed E-state index contributed by atoms with van der Waals surface area (Å²) in [6.45, 7) is 8.38. The summed E-state index contributed by atoms with van der Waals surface area (Å²) < 4.78 is 54.2. The van der Waals surface area contributed by atoms with Crippen LogP contribution in [0.1, 0.15) is 34.6 Å². The first-order valence-electron chi connectivity index (χ1n) is 8.58. The van der Waals surface area contributed by atoms with Crippen LogP contribution < -0.4 is 20.8 Å². The Morgan fingerprint density at radius 2 is 1.74 bits per heavy atom. The number of halogens is 3. The van der Waals surface area contributed by atoms with Gasteiger partial charge >= 0.3 is 19.3 Å². The van der Waals surface area contributed by atoms with Gasteiger partial charge in [0.15, 0.2) is 0 Å². The van der Waals surface area contributed by atoms with E-state index in [0.29, 0.717) is 17.8 Å². The van der Waals surface area contributed by atoms with E-state index in [1.807, 2.05) is 27.7 Å². The number of hydrogen-bond donors (Lipinski definition) is 2. The van der Waals surface area contributed by atoms with Crippen molar-refractivity contribution in [2.24, 2.45) is 0 Å². The highest BCUT2D eigenvalue weighted by molar-refractivity contribution is 6.62. The molecule has 1 saturated heterocycles. The molecule has 1 fully saturated rings. The molecule has 1 aliphatic rings. The van der Waals surface area contributed by atoms with Crippen LogP contribution in [0, 0.1) is 0 Å². The van der Waals surface area contributed by atoms with Gasteiger partial charge in [-0.3, -0.25) is 0 Å². The second-order valence-electron chi connectivity index (χ2n) is 7.23. The Balaban J connectivity index is 2.21. The molecule has 1 aromatic rings. The molecule has 0 radical (unpaired) electrons. The van der Waals surface area contributed by atoms with E-state index in [1.165, 1.54) is 6.07 Å². The topological polar surface area (TPSA) is 68.8 Å². The Hall–Kier alpha value is -1.94. The summed E-state index contributed by atoms with van der Waals surface area (Å²) in [5, 5.41) is 4.14. The van der Waals surface area contributed by atoms with Gasteiger partial charge in [-0.25, -0.2) is 4.79 Å². The fourth-order valence-corrected chi connectivity index (χ4v) is 2.42. The summed E-state index contributed by atoms with van der Waals surface area (Å²) >= 11 is 0. The normalized spacial score (nSPS) is 18.3. The van der Waals surface area contributed by atoms with E-state index in [0.717, 1.165) is 0 Å². The molecule has 0 aliphatic carbocycles. The first-order valence-corrected chi connectivity index (χ1v) is 8.58. The molecule has 0 aromatic heterocycles. The summed E-state index contributed by atoms with van der Waals surface area (Å²) in [7, 11) is -0.700. The average molecular weight is 388 g/mol. The van der Waals surface area contributed by atoms with Crippen LogP contribution in [-0.4, -0.2) is 43.7 Å². The maximum absolute atomic E-state index is 12.2. The maximum Gasteiger partial charge on any atom is 0.495 e. The largest absolute Gasteiger partial charge is 0.495 e. The van der Waals surface area contributed by atoms with Gasteiger partial charge in [-0.1, -0.05) is 0 Å². The fourth-order valence-electron chi connectivity index (χ4n) is 2.42. The lowest BCUT2D eigenvalue weighted by Gasteiger charge is -2.32. The molecule has 2 amide bonds. The van der Waals surface area contributed by atoms with Crippen LogP contribution in [0.3, 0.4) is 0 Å². The van der Waals surface area contributed by atoms with E-state index in [9.17, 15) is 18.0 Å². The van der Waals surface area contributed by atoms with Gasteiger partial charge < -0.3 is 24.7 Å². The summed E-state index contributed by atoms with van der Waals surface area (Å²) in [6.07, 6.45) is -4.49. The number of nitrogens with one attached hydrogen (secondary N) is 2. The van der Waals surface area contributed by atoms with Gasteiger partial charge in [0.1, 0.15) is 12.3 Å². The smallest absolute Gasteiger partial charge is 0.494 e. The van der Waals surface area contributed by atoms with Crippen LogP contribution >= 0.6 is 0 Å². The van der Waals surface area contributed by atoms with Crippen molar-refractivity contribution in [2.45, 2.75) is 52.0 Å². The zero-order valence-corrected chi connectivity index (χ0v) is 16.0. The van der Waals surface area contributed by atoms with Gasteiger partial charge in [-0.15, -0.1) is 0 Å². The molecule has 1 aliphatic heterocycles.